The number of rotatable bonds is 10. The van der Waals surface area contributed by atoms with Gasteiger partial charge in [-0.15, -0.1) is 0 Å². The standard InChI is InChI=1S/C32H38FNO4/c1-31(2,3)38-28(35)20-24(37-32(4,5)36)10-6-7-12-26-29(21-16-18-23(33)19-17-21)25-11-8-9-13-27(25)34-30(26)22-14-15-22/h7-9,11-13,16-19,22,24,36H,6,10,14-15,20H2,1-5H3/b12-7+. The minimum absolute atomic E-state index is 0.0563. The maximum Gasteiger partial charge on any atom is 0.308 e. The Labute approximate surface area is 224 Å². The molecule has 1 fully saturated rings. The number of allylic oxidation sites excluding steroid dienone is 1. The van der Waals surface area contributed by atoms with Crippen molar-refractivity contribution in [1.29, 1.82) is 0 Å². The highest BCUT2D eigenvalue weighted by atomic mass is 19.1. The van der Waals surface area contributed by atoms with E-state index in [1.165, 1.54) is 12.1 Å². The Bertz CT molecular complexity index is 1300. The van der Waals surface area contributed by atoms with E-state index in [1.807, 2.05) is 51.1 Å². The smallest absolute Gasteiger partial charge is 0.308 e. The van der Waals surface area contributed by atoms with Gasteiger partial charge in [-0.3, -0.25) is 9.78 Å². The van der Waals surface area contributed by atoms with Gasteiger partial charge in [0.1, 0.15) is 11.4 Å². The molecule has 6 heteroatoms. The summed E-state index contributed by atoms with van der Waals surface area (Å²) in [6.07, 6.45) is 7.10. The van der Waals surface area contributed by atoms with Gasteiger partial charge in [-0.25, -0.2) is 4.39 Å². The van der Waals surface area contributed by atoms with Crippen LogP contribution in [-0.4, -0.2) is 33.6 Å². The zero-order valence-electron chi connectivity index (χ0n) is 23.0. The van der Waals surface area contributed by atoms with E-state index in [2.05, 4.69) is 18.2 Å². The zero-order valence-corrected chi connectivity index (χ0v) is 23.0. The van der Waals surface area contributed by atoms with E-state index >= 15 is 0 Å². The number of hydrogen-bond acceptors (Lipinski definition) is 5. The van der Waals surface area contributed by atoms with Crippen molar-refractivity contribution in [2.75, 3.05) is 0 Å². The molecule has 0 aliphatic heterocycles. The SMILES string of the molecule is CC(C)(C)OC(=O)CC(CC/C=C/c1c(C2CC2)nc2ccccc2c1-c1ccc(F)cc1)OC(C)(C)O. The Morgan fingerprint density at radius 3 is 2.42 bits per heavy atom. The molecule has 0 saturated heterocycles. The van der Waals surface area contributed by atoms with Crippen LogP contribution in [0.25, 0.3) is 28.1 Å². The lowest BCUT2D eigenvalue weighted by Gasteiger charge is -2.27. The number of esters is 1. The molecule has 1 unspecified atom stereocenters. The lowest BCUT2D eigenvalue weighted by atomic mass is 9.92. The summed E-state index contributed by atoms with van der Waals surface area (Å²) in [5.74, 6) is -1.58. The first kappa shape index (κ1) is 27.9. The highest BCUT2D eigenvalue weighted by Gasteiger charge is 2.30. The van der Waals surface area contributed by atoms with Gasteiger partial charge in [0.05, 0.1) is 23.7 Å². The molecule has 0 amide bonds. The second-order valence-electron chi connectivity index (χ2n) is 11.5. The van der Waals surface area contributed by atoms with Gasteiger partial charge in [0.2, 0.25) is 0 Å². The molecule has 1 N–H and O–H groups in total. The maximum absolute atomic E-state index is 13.8. The second-order valence-corrected chi connectivity index (χ2v) is 11.5. The molecule has 0 spiro atoms. The number of nitrogens with zero attached hydrogens (tertiary/aromatic N) is 1. The number of aliphatic hydroxyl groups is 1. The number of carbonyl (C=O) groups is 1. The van der Waals surface area contributed by atoms with Crippen molar-refractivity contribution in [3.8, 4) is 11.1 Å². The number of hydrogen-bond donors (Lipinski definition) is 1. The monoisotopic (exact) mass is 519 g/mol. The molecular formula is C32H38FNO4. The Balaban J connectivity index is 1.62. The number of pyridine rings is 1. The van der Waals surface area contributed by atoms with E-state index in [0.717, 1.165) is 46.1 Å². The Kier molecular flexibility index (Phi) is 8.34. The van der Waals surface area contributed by atoms with E-state index in [9.17, 15) is 14.3 Å². The third-order valence-electron chi connectivity index (χ3n) is 6.27. The van der Waals surface area contributed by atoms with E-state index in [-0.39, 0.29) is 18.2 Å². The van der Waals surface area contributed by atoms with Gasteiger partial charge in [-0.2, -0.15) is 0 Å². The van der Waals surface area contributed by atoms with Crippen LogP contribution >= 0.6 is 0 Å². The van der Waals surface area contributed by atoms with E-state index in [0.29, 0.717) is 18.8 Å². The average molecular weight is 520 g/mol. The van der Waals surface area contributed by atoms with Gasteiger partial charge in [-0.05, 0) is 84.1 Å². The maximum atomic E-state index is 13.8. The molecule has 38 heavy (non-hydrogen) atoms. The van der Waals surface area contributed by atoms with Crippen LogP contribution in [0.2, 0.25) is 0 Å². The highest BCUT2D eigenvalue weighted by Crippen LogP contribution is 2.45. The molecule has 3 aromatic rings. The fraction of sp³-hybridized carbons (Fsp3) is 0.438. The fourth-order valence-corrected chi connectivity index (χ4v) is 4.67. The van der Waals surface area contributed by atoms with Crippen molar-refractivity contribution < 1.29 is 23.8 Å². The van der Waals surface area contributed by atoms with Crippen molar-refractivity contribution in [3.05, 3.63) is 71.7 Å². The van der Waals surface area contributed by atoms with Gasteiger partial charge >= 0.3 is 5.97 Å². The number of benzene rings is 2. The summed E-state index contributed by atoms with van der Waals surface area (Å²) in [5, 5.41) is 11.3. The van der Waals surface area contributed by atoms with Crippen LogP contribution in [0.15, 0.2) is 54.6 Å². The number of halogens is 1. The van der Waals surface area contributed by atoms with Crippen LogP contribution in [0.3, 0.4) is 0 Å². The third-order valence-corrected chi connectivity index (χ3v) is 6.27. The van der Waals surface area contributed by atoms with Crippen molar-refractivity contribution in [2.24, 2.45) is 0 Å². The molecule has 1 aromatic heterocycles. The topological polar surface area (TPSA) is 68.7 Å². The van der Waals surface area contributed by atoms with Gasteiger partial charge in [0.25, 0.3) is 0 Å². The van der Waals surface area contributed by atoms with Crippen LogP contribution < -0.4 is 0 Å². The summed E-state index contributed by atoms with van der Waals surface area (Å²) < 4.78 is 25.0. The first-order chi connectivity index (χ1) is 17.9. The third kappa shape index (κ3) is 7.71. The van der Waals surface area contributed by atoms with Crippen molar-refractivity contribution in [1.82, 2.24) is 4.98 Å². The first-order valence-electron chi connectivity index (χ1n) is 13.4. The molecule has 202 valence electrons. The number of carbonyl (C=O) groups excluding carboxylic acids is 1. The summed E-state index contributed by atoms with van der Waals surface area (Å²) in [4.78, 5) is 17.5. The molecule has 4 rings (SSSR count). The van der Waals surface area contributed by atoms with Crippen LogP contribution in [0.1, 0.15) is 83.9 Å². The number of fused-ring (bicyclic) bond motifs is 1. The molecule has 1 aliphatic carbocycles. The lowest BCUT2D eigenvalue weighted by molar-refractivity contribution is -0.211. The average Bonchev–Trinajstić information content (AvgIpc) is 3.65. The van der Waals surface area contributed by atoms with E-state index in [4.69, 9.17) is 14.5 Å². The molecule has 1 heterocycles. The van der Waals surface area contributed by atoms with Crippen molar-refractivity contribution in [3.63, 3.8) is 0 Å². The Hall–Kier alpha value is -3.09. The van der Waals surface area contributed by atoms with Crippen LogP contribution in [0.4, 0.5) is 4.39 Å². The normalized spacial score (nSPS) is 15.2. The van der Waals surface area contributed by atoms with Crippen molar-refractivity contribution in [2.45, 2.75) is 90.1 Å². The molecule has 0 radical (unpaired) electrons. The molecule has 1 aliphatic rings. The summed E-state index contributed by atoms with van der Waals surface area (Å²) in [7, 11) is 0. The summed E-state index contributed by atoms with van der Waals surface area (Å²) in [6.45, 7) is 8.60. The molecule has 1 atom stereocenters. The molecule has 5 nitrogen and oxygen atoms in total. The summed E-state index contributed by atoms with van der Waals surface area (Å²) in [5.41, 5.74) is 4.45. The summed E-state index contributed by atoms with van der Waals surface area (Å²) in [6, 6.07) is 14.7. The highest BCUT2D eigenvalue weighted by molar-refractivity contribution is 5.99. The largest absolute Gasteiger partial charge is 0.460 e. The van der Waals surface area contributed by atoms with Crippen LogP contribution in [0.5, 0.6) is 0 Å². The Morgan fingerprint density at radius 1 is 1.11 bits per heavy atom. The van der Waals surface area contributed by atoms with Gasteiger partial charge in [-0.1, -0.05) is 42.5 Å². The lowest BCUT2D eigenvalue weighted by Crippen LogP contribution is -2.33. The minimum atomic E-state index is -1.37. The number of ether oxygens (including phenoxy) is 2. The molecule has 1 saturated carbocycles. The van der Waals surface area contributed by atoms with Gasteiger partial charge in [0.15, 0.2) is 5.79 Å². The Morgan fingerprint density at radius 2 is 1.79 bits per heavy atom. The van der Waals surface area contributed by atoms with Crippen LogP contribution in [0, 0.1) is 5.82 Å². The number of aromatic nitrogens is 1. The van der Waals surface area contributed by atoms with Crippen molar-refractivity contribution >= 4 is 22.9 Å². The molecule has 0 bridgehead atoms. The summed E-state index contributed by atoms with van der Waals surface area (Å²) >= 11 is 0. The first-order valence-corrected chi connectivity index (χ1v) is 13.4. The number of para-hydroxylation sites is 1. The van der Waals surface area contributed by atoms with E-state index in [1.54, 1.807) is 13.8 Å². The van der Waals surface area contributed by atoms with Gasteiger partial charge < -0.3 is 14.6 Å². The van der Waals surface area contributed by atoms with Gasteiger partial charge in [0, 0.05) is 22.4 Å². The van der Waals surface area contributed by atoms with E-state index < -0.39 is 17.5 Å². The predicted octanol–water partition coefficient (Wildman–Crippen LogP) is 7.56. The zero-order chi connectivity index (χ0) is 27.5. The predicted molar refractivity (Wildman–Crippen MR) is 149 cm³/mol. The minimum Gasteiger partial charge on any atom is -0.460 e. The fourth-order valence-electron chi connectivity index (χ4n) is 4.67. The molecule has 2 aromatic carbocycles. The van der Waals surface area contributed by atoms with Crippen LogP contribution in [-0.2, 0) is 14.3 Å². The second kappa shape index (κ2) is 11.3. The quantitative estimate of drug-likeness (QED) is 0.221. The molecular weight excluding hydrogens is 481 g/mol.